The molecule has 0 aromatic rings. The van der Waals surface area contributed by atoms with Gasteiger partial charge in [-0.25, -0.2) is 0 Å². The molecule has 0 saturated heterocycles. The number of hydrogen-bond acceptors (Lipinski definition) is 4. The first-order valence-corrected chi connectivity index (χ1v) is 7.71. The normalized spacial score (nSPS) is 18.1. The van der Waals surface area contributed by atoms with Crippen LogP contribution in [-0.2, 0) is 0 Å². The highest BCUT2D eigenvalue weighted by molar-refractivity contribution is 7.99. The molecular weight excluding hydrogens is 234 g/mol. The number of nitrogens with two attached hydrogens (primary N) is 1. The van der Waals surface area contributed by atoms with Gasteiger partial charge in [0.25, 0.3) is 0 Å². The predicted molar refractivity (Wildman–Crippen MR) is 74.9 cm³/mol. The zero-order chi connectivity index (χ0) is 12.5. The number of nitrogens with zero attached hydrogens (tertiary/aromatic N) is 2. The minimum Gasteiger partial charge on any atom is -0.409 e. The summed E-state index contributed by atoms with van der Waals surface area (Å²) < 4.78 is 0. The van der Waals surface area contributed by atoms with Gasteiger partial charge >= 0.3 is 0 Å². The van der Waals surface area contributed by atoms with E-state index in [4.69, 9.17) is 10.9 Å². The topological polar surface area (TPSA) is 61.8 Å². The van der Waals surface area contributed by atoms with Gasteiger partial charge in [-0.3, -0.25) is 4.90 Å². The molecule has 0 bridgehead atoms. The molecule has 5 heteroatoms. The highest BCUT2D eigenvalue weighted by Crippen LogP contribution is 2.23. The first-order valence-electron chi connectivity index (χ1n) is 6.56. The first kappa shape index (κ1) is 14.6. The minimum absolute atomic E-state index is 0.333. The molecule has 17 heavy (non-hydrogen) atoms. The molecule has 1 fully saturated rings. The van der Waals surface area contributed by atoms with Gasteiger partial charge in [-0.15, -0.1) is 0 Å². The van der Waals surface area contributed by atoms with Gasteiger partial charge in [-0.1, -0.05) is 24.9 Å². The van der Waals surface area contributed by atoms with Crippen molar-refractivity contribution in [1.29, 1.82) is 0 Å². The maximum atomic E-state index is 8.67. The molecule has 1 aliphatic carbocycles. The largest absolute Gasteiger partial charge is 0.409 e. The van der Waals surface area contributed by atoms with E-state index in [-0.39, 0.29) is 0 Å². The average Bonchev–Trinajstić information content (AvgIpc) is 2.86. The Bertz CT molecular complexity index is 230. The van der Waals surface area contributed by atoms with Crippen molar-refractivity contribution in [2.24, 2.45) is 10.9 Å². The van der Waals surface area contributed by atoms with Crippen molar-refractivity contribution in [3.05, 3.63) is 0 Å². The molecule has 0 aromatic heterocycles. The van der Waals surface area contributed by atoms with Crippen LogP contribution in [0.3, 0.4) is 0 Å². The molecule has 1 rings (SSSR count). The fourth-order valence-corrected chi connectivity index (χ4v) is 3.04. The van der Waals surface area contributed by atoms with Gasteiger partial charge in [0.1, 0.15) is 0 Å². The van der Waals surface area contributed by atoms with Crippen LogP contribution in [0.25, 0.3) is 0 Å². The molecule has 4 nitrogen and oxygen atoms in total. The van der Waals surface area contributed by atoms with Crippen molar-refractivity contribution in [1.82, 2.24) is 4.90 Å². The monoisotopic (exact) mass is 259 g/mol. The van der Waals surface area contributed by atoms with E-state index in [9.17, 15) is 0 Å². The second-order valence-corrected chi connectivity index (χ2v) is 5.94. The molecule has 0 aromatic carbocycles. The Labute approximate surface area is 109 Å². The Morgan fingerprint density at radius 1 is 1.47 bits per heavy atom. The fraction of sp³-hybridized carbons (Fsp3) is 0.917. The van der Waals surface area contributed by atoms with E-state index in [2.05, 4.69) is 17.0 Å². The third-order valence-corrected chi connectivity index (χ3v) is 4.26. The van der Waals surface area contributed by atoms with E-state index < -0.39 is 0 Å². The van der Waals surface area contributed by atoms with Gasteiger partial charge in [0.05, 0.1) is 6.54 Å². The first-order chi connectivity index (χ1) is 8.27. The summed E-state index contributed by atoms with van der Waals surface area (Å²) in [4.78, 5) is 2.39. The molecule has 3 N–H and O–H groups in total. The third-order valence-electron chi connectivity index (χ3n) is 3.27. The maximum absolute atomic E-state index is 8.67. The van der Waals surface area contributed by atoms with Crippen LogP contribution >= 0.6 is 11.8 Å². The van der Waals surface area contributed by atoms with E-state index in [1.54, 1.807) is 0 Å². The Balaban J connectivity index is 2.35. The van der Waals surface area contributed by atoms with Gasteiger partial charge in [-0.05, 0) is 37.3 Å². The zero-order valence-corrected chi connectivity index (χ0v) is 11.6. The fourth-order valence-electron chi connectivity index (χ4n) is 2.41. The lowest BCUT2D eigenvalue weighted by atomic mass is 10.2. The highest BCUT2D eigenvalue weighted by Gasteiger charge is 2.22. The summed E-state index contributed by atoms with van der Waals surface area (Å²) in [5, 5.41) is 11.8. The summed E-state index contributed by atoms with van der Waals surface area (Å²) >= 11 is 1.98. The summed E-state index contributed by atoms with van der Waals surface area (Å²) in [6, 6.07) is 0.641. The second kappa shape index (κ2) is 8.64. The van der Waals surface area contributed by atoms with Gasteiger partial charge in [-0.2, -0.15) is 11.8 Å². The van der Waals surface area contributed by atoms with Crippen LogP contribution in [0.2, 0.25) is 0 Å². The van der Waals surface area contributed by atoms with Crippen LogP contribution in [0.4, 0.5) is 0 Å². The Hall–Kier alpha value is -0.420. The van der Waals surface area contributed by atoms with Crippen molar-refractivity contribution in [2.75, 3.05) is 24.6 Å². The molecule has 100 valence electrons. The van der Waals surface area contributed by atoms with E-state index in [1.807, 2.05) is 11.8 Å². The van der Waals surface area contributed by atoms with Crippen molar-refractivity contribution in [3.63, 3.8) is 0 Å². The van der Waals surface area contributed by atoms with Gasteiger partial charge < -0.3 is 10.9 Å². The van der Waals surface area contributed by atoms with Crippen LogP contribution in [0, 0.1) is 0 Å². The molecular formula is C12H25N3OS. The van der Waals surface area contributed by atoms with Crippen LogP contribution < -0.4 is 5.73 Å². The molecule has 0 spiro atoms. The van der Waals surface area contributed by atoms with E-state index in [0.717, 1.165) is 6.54 Å². The number of thioether (sulfide) groups is 1. The summed E-state index contributed by atoms with van der Waals surface area (Å²) in [7, 11) is 0. The standard InChI is InChI=1S/C12H25N3OS/c1-2-17-9-5-8-15(10-12(13)14-16)11-6-3-4-7-11/h11,16H,2-10H2,1H3,(H2,13,14). The lowest BCUT2D eigenvalue weighted by molar-refractivity contribution is 0.223. The summed E-state index contributed by atoms with van der Waals surface area (Å²) in [6.07, 6.45) is 6.36. The molecule has 0 heterocycles. The van der Waals surface area contributed by atoms with Gasteiger partial charge in [0, 0.05) is 6.04 Å². The maximum Gasteiger partial charge on any atom is 0.153 e. The quantitative estimate of drug-likeness (QED) is 0.230. The molecule has 0 aliphatic heterocycles. The van der Waals surface area contributed by atoms with Crippen LogP contribution in [-0.4, -0.2) is 46.6 Å². The SMILES string of the molecule is CCSCCCN(CC(N)=NO)C1CCCC1. The summed E-state index contributed by atoms with van der Waals surface area (Å²) in [5.74, 6) is 2.72. The number of rotatable bonds is 8. The van der Waals surface area contributed by atoms with Crippen LogP contribution in [0.15, 0.2) is 5.16 Å². The third kappa shape index (κ3) is 5.64. The molecule has 0 unspecified atom stereocenters. The number of amidine groups is 1. The Morgan fingerprint density at radius 3 is 2.76 bits per heavy atom. The zero-order valence-electron chi connectivity index (χ0n) is 10.8. The molecule has 0 amide bonds. The highest BCUT2D eigenvalue weighted by atomic mass is 32.2. The van der Waals surface area contributed by atoms with Crippen LogP contribution in [0.5, 0.6) is 0 Å². The van der Waals surface area contributed by atoms with Crippen molar-refractivity contribution < 1.29 is 5.21 Å². The van der Waals surface area contributed by atoms with E-state index >= 15 is 0 Å². The van der Waals surface area contributed by atoms with Crippen molar-refractivity contribution in [3.8, 4) is 0 Å². The molecule has 0 radical (unpaired) electrons. The van der Waals surface area contributed by atoms with Crippen LogP contribution in [0.1, 0.15) is 39.0 Å². The minimum atomic E-state index is 0.333. The second-order valence-electron chi connectivity index (χ2n) is 4.55. The Morgan fingerprint density at radius 2 is 2.18 bits per heavy atom. The van der Waals surface area contributed by atoms with Crippen molar-refractivity contribution in [2.45, 2.75) is 45.1 Å². The number of oxime groups is 1. The van der Waals surface area contributed by atoms with Gasteiger partial charge in [0.2, 0.25) is 0 Å². The average molecular weight is 259 g/mol. The molecule has 0 atom stereocenters. The lowest BCUT2D eigenvalue weighted by Gasteiger charge is -2.28. The van der Waals surface area contributed by atoms with E-state index in [1.165, 1.54) is 43.6 Å². The summed E-state index contributed by atoms with van der Waals surface area (Å²) in [5.41, 5.74) is 5.63. The number of hydrogen-bond donors (Lipinski definition) is 2. The van der Waals surface area contributed by atoms with E-state index in [0.29, 0.717) is 18.4 Å². The summed E-state index contributed by atoms with van der Waals surface area (Å²) in [6.45, 7) is 3.86. The predicted octanol–water partition coefficient (Wildman–Crippen LogP) is 2.12. The molecule has 1 aliphatic rings. The van der Waals surface area contributed by atoms with Crippen molar-refractivity contribution >= 4 is 17.6 Å². The van der Waals surface area contributed by atoms with Gasteiger partial charge in [0.15, 0.2) is 5.84 Å². The lowest BCUT2D eigenvalue weighted by Crippen LogP contribution is -2.40. The molecule has 1 saturated carbocycles. The smallest absolute Gasteiger partial charge is 0.153 e. The Kier molecular flexibility index (Phi) is 7.44.